The molecule has 2 N–H and O–H groups in total. The van der Waals surface area contributed by atoms with Crippen LogP contribution < -0.4 is 10.6 Å². The van der Waals surface area contributed by atoms with Gasteiger partial charge in [0.15, 0.2) is 5.96 Å². The number of thiophene rings is 1. The van der Waals surface area contributed by atoms with E-state index in [9.17, 15) is 0 Å². The highest BCUT2D eigenvalue weighted by Gasteiger charge is 2.24. The number of hydrogen-bond acceptors (Lipinski definition) is 5. The van der Waals surface area contributed by atoms with Gasteiger partial charge in [-0.1, -0.05) is 32.8 Å². The highest BCUT2D eigenvalue weighted by molar-refractivity contribution is 7.10. The molecule has 0 amide bonds. The largest absolute Gasteiger partial charge is 0.379 e. The average molecular weight is 410 g/mol. The summed E-state index contributed by atoms with van der Waals surface area (Å²) >= 11 is 1.83. The van der Waals surface area contributed by atoms with Crippen LogP contribution >= 0.6 is 11.3 Å². The third kappa shape index (κ3) is 6.72. The Morgan fingerprint density at radius 1 is 1.21 bits per heavy atom. The van der Waals surface area contributed by atoms with Crippen LogP contribution in [-0.2, 0) is 4.74 Å². The quantitative estimate of drug-likeness (QED) is 0.460. The fourth-order valence-corrected chi connectivity index (χ4v) is 4.86. The molecule has 0 saturated carbocycles. The predicted molar refractivity (Wildman–Crippen MR) is 120 cm³/mol. The Kier molecular flexibility index (Phi) is 10.3. The summed E-state index contributed by atoms with van der Waals surface area (Å²) in [6.07, 6.45) is 2.40. The zero-order chi connectivity index (χ0) is 20.4. The molecule has 2 atom stereocenters. The maximum absolute atomic E-state index is 5.55. The summed E-state index contributed by atoms with van der Waals surface area (Å²) in [4.78, 5) is 10.7. The van der Waals surface area contributed by atoms with Crippen molar-refractivity contribution in [3.8, 4) is 0 Å². The van der Waals surface area contributed by atoms with Crippen LogP contribution in [0.4, 0.5) is 0 Å². The molecule has 1 aromatic heterocycles. The number of likely N-dealkylation sites (N-methyl/N-ethyl adjacent to an activating group) is 1. The Labute approximate surface area is 175 Å². The fraction of sp³-hybridized carbons (Fsp3) is 0.762. The number of morpholine rings is 1. The van der Waals surface area contributed by atoms with Crippen LogP contribution in [-0.4, -0.2) is 82.3 Å². The number of nitrogens with zero attached hydrogens (tertiary/aromatic N) is 3. The van der Waals surface area contributed by atoms with Crippen molar-refractivity contribution in [2.75, 3.05) is 60.5 Å². The second-order valence-corrected chi connectivity index (χ2v) is 8.60. The van der Waals surface area contributed by atoms with Gasteiger partial charge >= 0.3 is 0 Å². The summed E-state index contributed by atoms with van der Waals surface area (Å²) < 4.78 is 5.55. The normalized spacial score (nSPS) is 18.5. The van der Waals surface area contributed by atoms with E-state index in [1.165, 1.54) is 17.7 Å². The van der Waals surface area contributed by atoms with Gasteiger partial charge in [-0.15, -0.1) is 11.3 Å². The predicted octanol–water partition coefficient (Wildman–Crippen LogP) is 2.65. The summed E-state index contributed by atoms with van der Waals surface area (Å²) in [7, 11) is 6.20. The molecule has 1 aromatic rings. The Balaban J connectivity index is 1.94. The molecular formula is C21H39N5OS. The van der Waals surface area contributed by atoms with Crippen LogP contribution in [0.1, 0.15) is 37.6 Å². The van der Waals surface area contributed by atoms with Gasteiger partial charge in [0.25, 0.3) is 0 Å². The van der Waals surface area contributed by atoms with Crippen LogP contribution in [0.25, 0.3) is 0 Å². The third-order valence-electron chi connectivity index (χ3n) is 5.78. The van der Waals surface area contributed by atoms with E-state index in [0.29, 0.717) is 18.0 Å². The fourth-order valence-electron chi connectivity index (χ4n) is 4.00. The van der Waals surface area contributed by atoms with Gasteiger partial charge in [-0.05, 0) is 31.5 Å². The molecule has 1 fully saturated rings. The molecule has 28 heavy (non-hydrogen) atoms. The summed E-state index contributed by atoms with van der Waals surface area (Å²) in [6.45, 7) is 9.90. The lowest BCUT2D eigenvalue weighted by Crippen LogP contribution is -2.50. The smallest absolute Gasteiger partial charge is 0.191 e. The van der Waals surface area contributed by atoms with Gasteiger partial charge in [0.05, 0.1) is 19.3 Å². The summed E-state index contributed by atoms with van der Waals surface area (Å²) in [5.74, 6) is 1.57. The molecule has 0 radical (unpaired) electrons. The van der Waals surface area contributed by atoms with Crippen molar-refractivity contribution in [3.63, 3.8) is 0 Å². The topological polar surface area (TPSA) is 52.1 Å². The lowest BCUT2D eigenvalue weighted by atomic mass is 9.93. The lowest BCUT2D eigenvalue weighted by molar-refractivity contribution is 0.0177. The number of guanidine groups is 1. The molecule has 6 nitrogen and oxygen atoms in total. The maximum Gasteiger partial charge on any atom is 0.191 e. The third-order valence-corrected chi connectivity index (χ3v) is 6.75. The van der Waals surface area contributed by atoms with E-state index >= 15 is 0 Å². The zero-order valence-electron chi connectivity index (χ0n) is 18.3. The molecule has 7 heteroatoms. The second kappa shape index (κ2) is 12.4. The molecule has 2 rings (SSSR count). The van der Waals surface area contributed by atoms with E-state index < -0.39 is 0 Å². The standard InChI is InChI=1S/C21H39N5OS/c1-6-17(7-2)18(25(4)5)15-23-21(22-3)24-16-19(20-9-8-14-28-20)26-10-12-27-13-11-26/h8-9,14,17-19H,6-7,10-13,15-16H2,1-5H3,(H2,22,23,24). The second-order valence-electron chi connectivity index (χ2n) is 7.62. The van der Waals surface area contributed by atoms with Gasteiger partial charge in [0.1, 0.15) is 0 Å². The van der Waals surface area contributed by atoms with Crippen molar-refractivity contribution in [2.45, 2.75) is 38.8 Å². The van der Waals surface area contributed by atoms with Gasteiger partial charge in [0, 0.05) is 44.1 Å². The minimum Gasteiger partial charge on any atom is -0.379 e. The first-order chi connectivity index (χ1) is 13.6. The summed E-state index contributed by atoms with van der Waals surface area (Å²) in [5.41, 5.74) is 0. The van der Waals surface area contributed by atoms with Crippen molar-refractivity contribution >= 4 is 17.3 Å². The van der Waals surface area contributed by atoms with Gasteiger partial charge in [0.2, 0.25) is 0 Å². The Bertz CT molecular complexity index is 553. The van der Waals surface area contributed by atoms with Crippen LogP contribution in [0.2, 0.25) is 0 Å². The maximum atomic E-state index is 5.55. The molecule has 1 saturated heterocycles. The number of rotatable bonds is 10. The van der Waals surface area contributed by atoms with E-state index in [4.69, 9.17) is 4.74 Å². The number of ether oxygens (including phenoxy) is 1. The zero-order valence-corrected chi connectivity index (χ0v) is 19.1. The Morgan fingerprint density at radius 2 is 1.89 bits per heavy atom. The number of aliphatic imine (C=N–C) groups is 1. The van der Waals surface area contributed by atoms with E-state index in [1.807, 2.05) is 18.4 Å². The van der Waals surface area contributed by atoms with E-state index in [2.05, 4.69) is 70.9 Å². The lowest BCUT2D eigenvalue weighted by Gasteiger charge is -2.35. The van der Waals surface area contributed by atoms with Gasteiger partial charge in [-0.3, -0.25) is 9.89 Å². The van der Waals surface area contributed by atoms with Crippen molar-refractivity contribution in [1.29, 1.82) is 0 Å². The molecule has 1 aliphatic heterocycles. The monoisotopic (exact) mass is 409 g/mol. The highest BCUT2D eigenvalue weighted by Crippen LogP contribution is 2.25. The SMILES string of the molecule is CCC(CC)C(CNC(=NC)NCC(c1cccs1)N1CCOCC1)N(C)C. The van der Waals surface area contributed by atoms with Crippen molar-refractivity contribution < 1.29 is 4.74 Å². The molecule has 2 unspecified atom stereocenters. The van der Waals surface area contributed by atoms with Crippen LogP contribution in [0.15, 0.2) is 22.5 Å². The minimum absolute atomic E-state index is 0.353. The van der Waals surface area contributed by atoms with Crippen LogP contribution in [0.3, 0.4) is 0 Å². The van der Waals surface area contributed by atoms with E-state index in [0.717, 1.165) is 45.4 Å². The van der Waals surface area contributed by atoms with Crippen molar-refractivity contribution in [1.82, 2.24) is 20.4 Å². The van der Waals surface area contributed by atoms with Gasteiger partial charge < -0.3 is 20.3 Å². The van der Waals surface area contributed by atoms with Crippen molar-refractivity contribution in [2.24, 2.45) is 10.9 Å². The van der Waals surface area contributed by atoms with Crippen LogP contribution in [0.5, 0.6) is 0 Å². The first kappa shape index (κ1) is 23.1. The number of hydrogen-bond donors (Lipinski definition) is 2. The van der Waals surface area contributed by atoms with Gasteiger partial charge in [-0.2, -0.15) is 0 Å². The molecule has 0 bridgehead atoms. The first-order valence-electron chi connectivity index (χ1n) is 10.6. The van der Waals surface area contributed by atoms with E-state index in [-0.39, 0.29) is 0 Å². The molecule has 1 aliphatic rings. The molecule has 0 aliphatic carbocycles. The molecular weight excluding hydrogens is 370 g/mol. The Morgan fingerprint density at radius 3 is 2.43 bits per heavy atom. The molecule has 0 spiro atoms. The van der Waals surface area contributed by atoms with Gasteiger partial charge in [-0.25, -0.2) is 0 Å². The Hall–Kier alpha value is -1.15. The van der Waals surface area contributed by atoms with Crippen LogP contribution in [0, 0.1) is 5.92 Å². The number of nitrogens with one attached hydrogen (secondary N) is 2. The summed E-state index contributed by atoms with van der Waals surface area (Å²) in [5, 5.41) is 9.29. The van der Waals surface area contributed by atoms with E-state index in [1.54, 1.807) is 0 Å². The van der Waals surface area contributed by atoms with Crippen molar-refractivity contribution in [3.05, 3.63) is 22.4 Å². The minimum atomic E-state index is 0.353. The molecule has 2 heterocycles. The summed E-state index contributed by atoms with van der Waals surface area (Å²) in [6, 6.07) is 5.22. The molecule has 160 valence electrons. The highest BCUT2D eigenvalue weighted by atomic mass is 32.1. The molecule has 0 aromatic carbocycles. The average Bonchev–Trinajstić information content (AvgIpc) is 3.24. The first-order valence-corrected chi connectivity index (χ1v) is 11.4.